The smallest absolute Gasteiger partial charge is 0.387 e. The molecule has 0 aliphatic rings. The second kappa shape index (κ2) is 4.95. The molecule has 18 heavy (non-hydrogen) atoms. The van der Waals surface area contributed by atoms with Crippen molar-refractivity contribution in [2.24, 2.45) is 0 Å². The summed E-state index contributed by atoms with van der Waals surface area (Å²) < 4.78 is 33.1. The van der Waals surface area contributed by atoms with E-state index in [1.165, 1.54) is 37.6 Å². The van der Waals surface area contributed by atoms with Crippen LogP contribution in [0, 0.1) is 0 Å². The quantitative estimate of drug-likeness (QED) is 0.789. The first-order valence-corrected chi connectivity index (χ1v) is 5.03. The number of carbonyl (C=O) groups is 1. The lowest BCUT2D eigenvalue weighted by Crippen LogP contribution is -2.04. The van der Waals surface area contributed by atoms with Crippen LogP contribution in [0.3, 0.4) is 0 Å². The van der Waals surface area contributed by atoms with Crippen LogP contribution < -0.4 is 4.74 Å². The molecule has 0 aliphatic carbocycles. The molecular weight excluding hydrogens is 244 g/mol. The number of fused-ring (bicyclic) bond motifs is 1. The number of carbonyl (C=O) groups excluding carboxylic acids is 1. The number of halogens is 2. The molecule has 0 saturated carbocycles. The monoisotopic (exact) mass is 253 g/mol. The molecule has 0 spiro atoms. The van der Waals surface area contributed by atoms with E-state index in [0.29, 0.717) is 10.9 Å². The van der Waals surface area contributed by atoms with Gasteiger partial charge in [-0.25, -0.2) is 4.79 Å². The van der Waals surface area contributed by atoms with Crippen molar-refractivity contribution in [1.29, 1.82) is 0 Å². The molecule has 94 valence electrons. The molecular formula is C12H9F2NO3. The third-order valence-corrected chi connectivity index (χ3v) is 2.34. The lowest BCUT2D eigenvalue weighted by atomic mass is 10.1. The molecule has 2 rings (SSSR count). The summed E-state index contributed by atoms with van der Waals surface area (Å²) in [5.74, 6) is -0.591. The van der Waals surface area contributed by atoms with Gasteiger partial charge in [0.25, 0.3) is 0 Å². The van der Waals surface area contributed by atoms with Gasteiger partial charge in [0.15, 0.2) is 0 Å². The highest BCUT2D eigenvalue weighted by atomic mass is 19.3. The summed E-state index contributed by atoms with van der Waals surface area (Å²) in [6.07, 6.45) is 1.45. The van der Waals surface area contributed by atoms with E-state index >= 15 is 0 Å². The zero-order valence-corrected chi connectivity index (χ0v) is 9.39. The van der Waals surface area contributed by atoms with Crippen LogP contribution in [0.4, 0.5) is 8.78 Å². The second-order valence-electron chi connectivity index (χ2n) is 3.41. The van der Waals surface area contributed by atoms with E-state index in [0.717, 1.165) is 0 Å². The molecule has 0 bridgehead atoms. The van der Waals surface area contributed by atoms with Crippen molar-refractivity contribution in [2.45, 2.75) is 6.61 Å². The van der Waals surface area contributed by atoms with Crippen LogP contribution in [0.5, 0.6) is 5.75 Å². The summed E-state index contributed by atoms with van der Waals surface area (Å²) in [4.78, 5) is 15.5. The maximum Gasteiger partial charge on any atom is 0.387 e. The van der Waals surface area contributed by atoms with Gasteiger partial charge in [0, 0.05) is 11.6 Å². The van der Waals surface area contributed by atoms with E-state index in [4.69, 9.17) is 0 Å². The predicted molar refractivity (Wildman–Crippen MR) is 59.7 cm³/mol. The molecule has 1 heterocycles. The Balaban J connectivity index is 2.55. The highest BCUT2D eigenvalue weighted by molar-refractivity contribution is 6.03. The highest BCUT2D eigenvalue weighted by Crippen LogP contribution is 2.24. The molecule has 0 fully saturated rings. The SMILES string of the molecule is COC(=O)c1ccnc2ccc(OC(F)F)cc12. The Bertz CT molecular complexity index is 587. The van der Waals surface area contributed by atoms with Crippen LogP contribution in [0.2, 0.25) is 0 Å². The average Bonchev–Trinajstić information content (AvgIpc) is 2.36. The van der Waals surface area contributed by atoms with Gasteiger partial charge in [0.05, 0.1) is 18.2 Å². The van der Waals surface area contributed by atoms with Gasteiger partial charge in [-0.2, -0.15) is 8.78 Å². The van der Waals surface area contributed by atoms with Crippen LogP contribution in [-0.2, 0) is 4.74 Å². The molecule has 0 saturated heterocycles. The van der Waals surface area contributed by atoms with Crippen LogP contribution in [-0.4, -0.2) is 24.7 Å². The third kappa shape index (κ3) is 2.37. The Morgan fingerprint density at radius 2 is 2.11 bits per heavy atom. The first-order valence-electron chi connectivity index (χ1n) is 5.03. The normalized spacial score (nSPS) is 10.7. The molecule has 4 nitrogen and oxygen atoms in total. The minimum absolute atomic E-state index is 0.0318. The van der Waals surface area contributed by atoms with Gasteiger partial charge in [-0.3, -0.25) is 4.98 Å². The number of ether oxygens (including phenoxy) is 2. The summed E-state index contributed by atoms with van der Waals surface area (Å²) in [6, 6.07) is 5.66. The van der Waals surface area contributed by atoms with Gasteiger partial charge >= 0.3 is 12.6 Å². The van der Waals surface area contributed by atoms with Crippen LogP contribution >= 0.6 is 0 Å². The van der Waals surface area contributed by atoms with Crippen molar-refractivity contribution >= 4 is 16.9 Å². The Hall–Kier alpha value is -2.24. The van der Waals surface area contributed by atoms with Crippen molar-refractivity contribution in [2.75, 3.05) is 7.11 Å². The van der Waals surface area contributed by atoms with E-state index in [2.05, 4.69) is 14.5 Å². The molecule has 0 N–H and O–H groups in total. The predicted octanol–water partition coefficient (Wildman–Crippen LogP) is 2.62. The summed E-state index contributed by atoms with van der Waals surface area (Å²) in [7, 11) is 1.24. The number of pyridine rings is 1. The third-order valence-electron chi connectivity index (χ3n) is 2.34. The average molecular weight is 253 g/mol. The molecule has 6 heteroatoms. The van der Waals surface area contributed by atoms with Crippen molar-refractivity contribution in [3.05, 3.63) is 36.0 Å². The summed E-state index contributed by atoms with van der Waals surface area (Å²) in [6.45, 7) is -2.92. The van der Waals surface area contributed by atoms with Crippen LogP contribution in [0.1, 0.15) is 10.4 Å². The maximum atomic E-state index is 12.1. The number of nitrogens with zero attached hydrogens (tertiary/aromatic N) is 1. The molecule has 0 unspecified atom stereocenters. The molecule has 0 atom stereocenters. The minimum atomic E-state index is -2.92. The first kappa shape index (κ1) is 12.2. The summed E-state index contributed by atoms with van der Waals surface area (Å²) in [5.41, 5.74) is 0.752. The van der Waals surface area contributed by atoms with Gasteiger partial charge in [-0.1, -0.05) is 0 Å². The number of benzene rings is 1. The number of methoxy groups -OCH3 is 1. The Morgan fingerprint density at radius 1 is 1.33 bits per heavy atom. The Labute approximate surface area is 101 Å². The molecule has 0 aliphatic heterocycles. The molecule has 0 radical (unpaired) electrons. The molecule has 1 aromatic heterocycles. The topological polar surface area (TPSA) is 48.4 Å². The lowest BCUT2D eigenvalue weighted by Gasteiger charge is -2.07. The fraction of sp³-hybridized carbons (Fsp3) is 0.167. The van der Waals surface area contributed by atoms with E-state index in [9.17, 15) is 13.6 Å². The minimum Gasteiger partial charge on any atom is -0.465 e. The summed E-state index contributed by atoms with van der Waals surface area (Å²) in [5, 5.41) is 0.405. The van der Waals surface area contributed by atoms with Crippen molar-refractivity contribution in [3.8, 4) is 5.75 Å². The lowest BCUT2D eigenvalue weighted by molar-refractivity contribution is -0.0497. The number of aromatic nitrogens is 1. The van der Waals surface area contributed by atoms with Gasteiger partial charge in [0.2, 0.25) is 0 Å². The fourth-order valence-corrected chi connectivity index (χ4v) is 1.59. The molecule has 0 amide bonds. The van der Waals surface area contributed by atoms with Crippen molar-refractivity contribution in [1.82, 2.24) is 4.98 Å². The number of hydrogen-bond donors (Lipinski definition) is 0. The van der Waals surface area contributed by atoms with Gasteiger partial charge in [-0.05, 0) is 24.3 Å². The van der Waals surface area contributed by atoms with E-state index in [-0.39, 0.29) is 11.3 Å². The van der Waals surface area contributed by atoms with E-state index in [1.54, 1.807) is 0 Å². The summed E-state index contributed by atoms with van der Waals surface area (Å²) >= 11 is 0. The largest absolute Gasteiger partial charge is 0.465 e. The second-order valence-corrected chi connectivity index (χ2v) is 3.41. The molecule has 1 aromatic carbocycles. The fourth-order valence-electron chi connectivity index (χ4n) is 1.59. The van der Waals surface area contributed by atoms with Gasteiger partial charge in [0.1, 0.15) is 5.75 Å². The number of alkyl halides is 2. The molecule has 2 aromatic rings. The Kier molecular flexibility index (Phi) is 3.36. The zero-order valence-electron chi connectivity index (χ0n) is 9.39. The maximum absolute atomic E-state index is 12.1. The number of esters is 1. The number of rotatable bonds is 3. The first-order chi connectivity index (χ1) is 8.61. The zero-order chi connectivity index (χ0) is 13.1. The van der Waals surface area contributed by atoms with E-state index < -0.39 is 12.6 Å². The standard InChI is InChI=1S/C12H9F2NO3/c1-17-11(16)8-4-5-15-10-3-2-7(6-9(8)10)18-12(13)14/h2-6,12H,1H3. The Morgan fingerprint density at radius 3 is 2.78 bits per heavy atom. The van der Waals surface area contributed by atoms with E-state index in [1.807, 2.05) is 0 Å². The number of hydrogen-bond acceptors (Lipinski definition) is 4. The van der Waals surface area contributed by atoms with Crippen molar-refractivity contribution in [3.63, 3.8) is 0 Å². The van der Waals surface area contributed by atoms with Crippen LogP contribution in [0.15, 0.2) is 30.5 Å². The van der Waals surface area contributed by atoms with Crippen LogP contribution in [0.25, 0.3) is 10.9 Å². The van der Waals surface area contributed by atoms with Gasteiger partial charge in [-0.15, -0.1) is 0 Å². The van der Waals surface area contributed by atoms with Crippen molar-refractivity contribution < 1.29 is 23.0 Å². The van der Waals surface area contributed by atoms with Gasteiger partial charge < -0.3 is 9.47 Å². The highest BCUT2D eigenvalue weighted by Gasteiger charge is 2.12.